The summed E-state index contributed by atoms with van der Waals surface area (Å²) in [7, 11) is 1.46. The first kappa shape index (κ1) is 33.9. The fraction of sp³-hybridized carbons (Fsp3) is 0.469. The number of carbonyl (C=O) groups excluding carboxylic acids is 4. The van der Waals surface area contributed by atoms with Crippen molar-refractivity contribution in [1.82, 2.24) is 15.1 Å². The maximum Gasteiger partial charge on any atom is 0.328 e. The summed E-state index contributed by atoms with van der Waals surface area (Å²) in [5, 5.41) is 17.4. The molecule has 44 heavy (non-hydrogen) atoms. The maximum atomic E-state index is 13.8. The second-order valence-corrected chi connectivity index (χ2v) is 11.8. The molecular weight excluding hydrogens is 566 g/mol. The quantitative estimate of drug-likeness (QED) is 0.233. The average molecular weight is 610 g/mol. The van der Waals surface area contributed by atoms with Crippen LogP contribution < -0.4 is 20.7 Å². The molecule has 2 aromatic rings. The van der Waals surface area contributed by atoms with Gasteiger partial charge in [-0.2, -0.15) is 0 Å². The van der Waals surface area contributed by atoms with Crippen LogP contribution in [0.1, 0.15) is 65.0 Å². The van der Waals surface area contributed by atoms with E-state index in [1.807, 2.05) is 39.0 Å². The lowest BCUT2D eigenvalue weighted by Crippen LogP contribution is -2.53. The van der Waals surface area contributed by atoms with E-state index in [1.54, 1.807) is 45.0 Å². The molecule has 1 fully saturated rings. The molecule has 6 amide bonds. The summed E-state index contributed by atoms with van der Waals surface area (Å²) in [6, 6.07) is 9.58. The predicted octanol–water partition coefficient (Wildman–Crippen LogP) is 4.97. The van der Waals surface area contributed by atoms with Gasteiger partial charge in [-0.05, 0) is 69.4 Å². The standard InChI is InChI=1S/C32H43N5O7/c1-8-19(2)15-25(28(40)33-21(4)16-27(38)39)37-29(41)32(5,6)36(31(37)43)18-22-13-14-24(26(17-22)44-7)35-30(42)34-23-12-10-9-11-20(23)3/h9-14,17,19,21,25H,8,15-16,18H2,1-7H3,(H,33,40)(H,38,39)(H2,34,35,42)/t19?,21-,25+/m1/s1. The van der Waals surface area contributed by atoms with Crippen molar-refractivity contribution in [2.45, 2.75) is 85.0 Å². The van der Waals surface area contributed by atoms with Gasteiger partial charge in [0.2, 0.25) is 5.91 Å². The Labute approximate surface area is 258 Å². The van der Waals surface area contributed by atoms with Crippen LogP contribution in [-0.2, 0) is 20.9 Å². The van der Waals surface area contributed by atoms with Gasteiger partial charge in [0, 0.05) is 18.3 Å². The topological polar surface area (TPSA) is 157 Å². The summed E-state index contributed by atoms with van der Waals surface area (Å²) < 4.78 is 5.52. The number of ether oxygens (including phenoxy) is 1. The number of urea groups is 2. The average Bonchev–Trinajstić information content (AvgIpc) is 3.11. The number of nitrogens with zero attached hydrogens (tertiary/aromatic N) is 2. The molecule has 1 unspecified atom stereocenters. The third kappa shape index (κ3) is 7.86. The van der Waals surface area contributed by atoms with Crippen molar-refractivity contribution in [3.8, 4) is 5.75 Å². The lowest BCUT2D eigenvalue weighted by Gasteiger charge is -2.28. The fourth-order valence-electron chi connectivity index (χ4n) is 5.04. The fourth-order valence-corrected chi connectivity index (χ4v) is 5.04. The second-order valence-electron chi connectivity index (χ2n) is 11.8. The molecule has 1 heterocycles. The zero-order valence-corrected chi connectivity index (χ0v) is 26.4. The molecular formula is C32H43N5O7. The van der Waals surface area contributed by atoms with E-state index in [4.69, 9.17) is 9.84 Å². The predicted molar refractivity (Wildman–Crippen MR) is 166 cm³/mol. The summed E-state index contributed by atoms with van der Waals surface area (Å²) in [6.07, 6.45) is 0.671. The van der Waals surface area contributed by atoms with Crippen molar-refractivity contribution in [1.29, 1.82) is 0 Å². The summed E-state index contributed by atoms with van der Waals surface area (Å²) >= 11 is 0. The highest BCUT2D eigenvalue weighted by molar-refractivity contribution is 6.09. The van der Waals surface area contributed by atoms with Gasteiger partial charge in [0.25, 0.3) is 5.91 Å². The number of para-hydroxylation sites is 1. The lowest BCUT2D eigenvalue weighted by molar-refractivity contribution is -0.140. The molecule has 0 bridgehead atoms. The maximum absolute atomic E-state index is 13.8. The molecule has 238 valence electrons. The van der Waals surface area contributed by atoms with Gasteiger partial charge in [-0.15, -0.1) is 0 Å². The highest BCUT2D eigenvalue weighted by atomic mass is 16.5. The van der Waals surface area contributed by atoms with Crippen molar-refractivity contribution in [2.24, 2.45) is 5.92 Å². The molecule has 12 heteroatoms. The molecule has 3 rings (SSSR count). The minimum absolute atomic E-state index is 0.0191. The van der Waals surface area contributed by atoms with Crippen LogP contribution in [0, 0.1) is 12.8 Å². The number of amides is 6. The largest absolute Gasteiger partial charge is 0.495 e. The molecule has 2 aromatic carbocycles. The number of carboxylic acids is 1. The summed E-state index contributed by atoms with van der Waals surface area (Å²) in [4.78, 5) is 67.1. The third-order valence-corrected chi connectivity index (χ3v) is 7.91. The van der Waals surface area contributed by atoms with E-state index in [-0.39, 0.29) is 25.3 Å². The van der Waals surface area contributed by atoms with Gasteiger partial charge in [0.15, 0.2) is 0 Å². The van der Waals surface area contributed by atoms with E-state index in [0.29, 0.717) is 22.7 Å². The summed E-state index contributed by atoms with van der Waals surface area (Å²) in [6.45, 7) is 10.6. The van der Waals surface area contributed by atoms with Crippen LogP contribution >= 0.6 is 0 Å². The van der Waals surface area contributed by atoms with Gasteiger partial charge >= 0.3 is 18.0 Å². The molecule has 1 aliphatic rings. The zero-order valence-electron chi connectivity index (χ0n) is 26.4. The second kappa shape index (κ2) is 14.2. The van der Waals surface area contributed by atoms with Crippen molar-refractivity contribution in [3.63, 3.8) is 0 Å². The molecule has 1 aliphatic heterocycles. The Balaban J connectivity index is 1.83. The molecule has 0 radical (unpaired) electrons. The number of aliphatic carboxylic acids is 1. The van der Waals surface area contributed by atoms with Crippen LogP contribution in [-0.4, -0.2) is 69.5 Å². The number of benzene rings is 2. The van der Waals surface area contributed by atoms with Crippen LogP contribution in [0.5, 0.6) is 5.75 Å². The number of anilines is 2. The van der Waals surface area contributed by atoms with E-state index < -0.39 is 47.5 Å². The first-order valence-corrected chi connectivity index (χ1v) is 14.7. The minimum Gasteiger partial charge on any atom is -0.495 e. The first-order valence-electron chi connectivity index (χ1n) is 14.7. The Bertz CT molecular complexity index is 1410. The zero-order chi connectivity index (χ0) is 32.8. The number of hydrogen-bond donors (Lipinski definition) is 4. The minimum atomic E-state index is -1.27. The SMILES string of the molecule is CCC(C)C[C@@H](C(=O)N[C@H](C)CC(=O)O)N1C(=O)N(Cc2ccc(NC(=O)Nc3ccccc3C)c(OC)c2)C(C)(C)C1=O. The van der Waals surface area contributed by atoms with E-state index in [0.717, 1.165) is 16.9 Å². The molecule has 4 N–H and O–H groups in total. The van der Waals surface area contributed by atoms with Crippen molar-refractivity contribution >= 4 is 41.2 Å². The molecule has 3 atom stereocenters. The van der Waals surface area contributed by atoms with Crippen molar-refractivity contribution in [3.05, 3.63) is 53.6 Å². The van der Waals surface area contributed by atoms with Crippen LogP contribution in [0.2, 0.25) is 0 Å². The molecule has 0 aromatic heterocycles. The van der Waals surface area contributed by atoms with E-state index in [2.05, 4.69) is 16.0 Å². The van der Waals surface area contributed by atoms with Crippen LogP contribution in [0.3, 0.4) is 0 Å². The van der Waals surface area contributed by atoms with Gasteiger partial charge in [0.1, 0.15) is 17.3 Å². The van der Waals surface area contributed by atoms with Crippen LogP contribution in [0.15, 0.2) is 42.5 Å². The van der Waals surface area contributed by atoms with Gasteiger partial charge in [0.05, 0.1) is 19.2 Å². The Morgan fingerprint density at radius 1 is 1.02 bits per heavy atom. The van der Waals surface area contributed by atoms with E-state index >= 15 is 0 Å². The lowest BCUT2D eigenvalue weighted by atomic mass is 9.96. The van der Waals surface area contributed by atoms with Crippen molar-refractivity contribution in [2.75, 3.05) is 17.7 Å². The summed E-state index contributed by atoms with van der Waals surface area (Å²) in [5.74, 6) is -1.78. The van der Waals surface area contributed by atoms with Crippen LogP contribution in [0.25, 0.3) is 0 Å². The van der Waals surface area contributed by atoms with Crippen LogP contribution in [0.4, 0.5) is 21.0 Å². The number of nitrogens with one attached hydrogen (secondary N) is 3. The monoisotopic (exact) mass is 609 g/mol. The normalized spacial score (nSPS) is 16.2. The van der Waals surface area contributed by atoms with E-state index in [9.17, 15) is 24.0 Å². The number of hydrogen-bond acceptors (Lipinski definition) is 6. The number of carbonyl (C=O) groups is 5. The highest BCUT2D eigenvalue weighted by Crippen LogP contribution is 2.34. The highest BCUT2D eigenvalue weighted by Gasteiger charge is 2.54. The Kier molecular flexibility index (Phi) is 11.0. The third-order valence-electron chi connectivity index (χ3n) is 7.91. The Morgan fingerprint density at radius 2 is 1.68 bits per heavy atom. The Hall–Kier alpha value is -4.61. The first-order chi connectivity index (χ1) is 20.7. The molecule has 0 aliphatic carbocycles. The number of rotatable bonds is 13. The number of carboxylic acid groups (broad SMARTS) is 1. The summed E-state index contributed by atoms with van der Waals surface area (Å²) in [5.41, 5.74) is 1.36. The number of aryl methyl sites for hydroxylation is 1. The van der Waals surface area contributed by atoms with Gasteiger partial charge in [-0.3, -0.25) is 14.4 Å². The van der Waals surface area contributed by atoms with Crippen molar-refractivity contribution < 1.29 is 33.8 Å². The van der Waals surface area contributed by atoms with E-state index in [1.165, 1.54) is 12.0 Å². The number of methoxy groups -OCH3 is 1. The van der Waals surface area contributed by atoms with Gasteiger partial charge in [-0.25, -0.2) is 14.5 Å². The smallest absolute Gasteiger partial charge is 0.328 e. The molecule has 0 spiro atoms. The Morgan fingerprint density at radius 3 is 2.30 bits per heavy atom. The molecule has 0 saturated carbocycles. The molecule has 12 nitrogen and oxygen atoms in total. The van der Waals surface area contributed by atoms with Gasteiger partial charge < -0.3 is 30.7 Å². The number of imide groups is 1. The molecule has 1 saturated heterocycles. The van der Waals surface area contributed by atoms with Gasteiger partial charge in [-0.1, -0.05) is 44.5 Å².